The van der Waals surface area contributed by atoms with E-state index in [9.17, 15) is 19.2 Å². The number of ketones is 1. The second kappa shape index (κ2) is 12.0. The van der Waals surface area contributed by atoms with Crippen LogP contribution in [0.1, 0.15) is 80.8 Å². The van der Waals surface area contributed by atoms with E-state index in [1.54, 1.807) is 24.3 Å². The monoisotopic (exact) mass is 484 g/mol. The van der Waals surface area contributed by atoms with Gasteiger partial charge >= 0.3 is 5.76 Å². The van der Waals surface area contributed by atoms with Crippen LogP contribution in [0.15, 0.2) is 39.5 Å². The van der Waals surface area contributed by atoms with E-state index in [-0.39, 0.29) is 35.6 Å². The van der Waals surface area contributed by atoms with Crippen molar-refractivity contribution in [3.8, 4) is 0 Å². The Morgan fingerprint density at radius 1 is 1.06 bits per heavy atom. The van der Waals surface area contributed by atoms with Crippen LogP contribution in [0, 0.1) is 17.8 Å². The Balaban J connectivity index is 1.74. The minimum Gasteiger partial charge on any atom is -0.384 e. The Kier molecular flexibility index (Phi) is 9.01. The number of amides is 2. The number of nitrogens with zero attached hydrogens (tertiary/aromatic N) is 2. The molecule has 0 bridgehead atoms. The predicted octanol–water partition coefficient (Wildman–Crippen LogP) is 3.19. The molecule has 0 spiro atoms. The number of nitrogens with one attached hydrogen (secondary N) is 2. The van der Waals surface area contributed by atoms with Crippen LogP contribution in [0.4, 0.5) is 0 Å². The Bertz CT molecular complexity index is 1070. The molecule has 2 N–H and O–H groups in total. The average Bonchev–Trinajstić information content (AvgIpc) is 3.18. The van der Waals surface area contributed by atoms with Crippen molar-refractivity contribution in [1.29, 1.82) is 0 Å². The van der Waals surface area contributed by atoms with Crippen LogP contribution in [0.2, 0.25) is 0 Å². The Morgan fingerprint density at radius 2 is 1.74 bits per heavy atom. The summed E-state index contributed by atoms with van der Waals surface area (Å²) in [6.07, 6.45) is 3.46. The summed E-state index contributed by atoms with van der Waals surface area (Å²) < 4.78 is 6.27. The number of Topliss-reactive ketones (excluding diaryl/α,β-unsaturated/α-hetero) is 1. The van der Waals surface area contributed by atoms with Crippen molar-refractivity contribution >= 4 is 17.6 Å². The van der Waals surface area contributed by atoms with Gasteiger partial charge in [0.05, 0.1) is 18.5 Å². The number of carbonyl (C=O) groups is 3. The third kappa shape index (κ3) is 7.13. The molecule has 1 saturated carbocycles. The van der Waals surface area contributed by atoms with Crippen LogP contribution in [-0.4, -0.2) is 39.5 Å². The summed E-state index contributed by atoms with van der Waals surface area (Å²) in [5.74, 6) is -2.20. The van der Waals surface area contributed by atoms with Gasteiger partial charge in [0, 0.05) is 11.6 Å². The predicted molar refractivity (Wildman–Crippen MR) is 131 cm³/mol. The molecule has 9 heteroatoms. The van der Waals surface area contributed by atoms with Crippen LogP contribution in [0.5, 0.6) is 0 Å². The Hall–Kier alpha value is -3.23. The molecule has 9 nitrogen and oxygen atoms in total. The van der Waals surface area contributed by atoms with Gasteiger partial charge in [0.15, 0.2) is 0 Å². The van der Waals surface area contributed by atoms with E-state index < -0.39 is 23.5 Å². The molecule has 2 amide bonds. The lowest BCUT2D eigenvalue weighted by atomic mass is 9.83. The van der Waals surface area contributed by atoms with Gasteiger partial charge in [0.2, 0.25) is 11.7 Å². The normalized spacial score (nSPS) is 18.9. The van der Waals surface area contributed by atoms with E-state index in [1.807, 2.05) is 33.8 Å². The van der Waals surface area contributed by atoms with Crippen LogP contribution in [0.3, 0.4) is 0 Å². The van der Waals surface area contributed by atoms with Gasteiger partial charge in [-0.1, -0.05) is 58.7 Å². The van der Waals surface area contributed by atoms with E-state index >= 15 is 0 Å². The van der Waals surface area contributed by atoms with Gasteiger partial charge in [-0.05, 0) is 43.2 Å². The highest BCUT2D eigenvalue weighted by molar-refractivity contribution is 5.99. The lowest BCUT2D eigenvalue weighted by molar-refractivity contribution is -0.127. The van der Waals surface area contributed by atoms with Crippen molar-refractivity contribution in [1.82, 2.24) is 20.4 Å². The van der Waals surface area contributed by atoms with E-state index in [0.717, 1.165) is 17.5 Å². The second-order valence-electron chi connectivity index (χ2n) is 10.1. The first kappa shape index (κ1) is 26.4. The van der Waals surface area contributed by atoms with Gasteiger partial charge in [-0.15, -0.1) is 5.10 Å². The topological polar surface area (TPSA) is 123 Å². The van der Waals surface area contributed by atoms with Gasteiger partial charge in [0.25, 0.3) is 11.8 Å². The second-order valence-corrected chi connectivity index (χ2v) is 10.1. The maximum Gasteiger partial charge on any atom is 0.437 e. The maximum absolute atomic E-state index is 13.3. The molecule has 1 unspecified atom stereocenters. The molecule has 1 fully saturated rings. The summed E-state index contributed by atoms with van der Waals surface area (Å²) in [5, 5.41) is 9.95. The van der Waals surface area contributed by atoms with E-state index in [2.05, 4.69) is 15.7 Å². The zero-order chi connectivity index (χ0) is 25.5. The molecule has 1 aliphatic rings. The highest BCUT2D eigenvalue weighted by Gasteiger charge is 2.35. The van der Waals surface area contributed by atoms with Crippen molar-refractivity contribution < 1.29 is 18.8 Å². The highest BCUT2D eigenvalue weighted by atomic mass is 16.4. The fourth-order valence-corrected chi connectivity index (χ4v) is 4.46. The molecular formula is C26H36N4O5. The summed E-state index contributed by atoms with van der Waals surface area (Å²) in [5.41, 5.74) is 0.539. The summed E-state index contributed by atoms with van der Waals surface area (Å²) in [6, 6.07) is 7.70. The highest BCUT2D eigenvalue weighted by Crippen LogP contribution is 2.26. The van der Waals surface area contributed by atoms with Gasteiger partial charge in [0.1, 0.15) is 0 Å². The number of benzene rings is 1. The zero-order valence-electron chi connectivity index (χ0n) is 21.0. The molecule has 190 valence electrons. The molecule has 0 saturated heterocycles. The number of rotatable bonds is 10. The first-order valence-electron chi connectivity index (χ1n) is 12.4. The minimum atomic E-state index is -0.875. The molecule has 3 rings (SSSR count). The lowest BCUT2D eigenvalue weighted by Crippen LogP contribution is -2.52. The van der Waals surface area contributed by atoms with Gasteiger partial charge in [-0.3, -0.25) is 14.4 Å². The maximum atomic E-state index is 13.3. The molecule has 1 aromatic heterocycles. The fourth-order valence-electron chi connectivity index (χ4n) is 4.46. The van der Waals surface area contributed by atoms with Crippen LogP contribution in [0.25, 0.3) is 0 Å². The Labute approximate surface area is 205 Å². The SMILES string of the molecule is CC(C)CC(NC(=O)[C@H]1CCCC[C@H]1NC(=O)c1ccccc1)C(=O)c1nn(CC(C)C)c(=O)o1. The van der Waals surface area contributed by atoms with Crippen molar-refractivity contribution in [3.63, 3.8) is 0 Å². The standard InChI is InChI=1S/C26H36N4O5/c1-16(2)14-21(22(31)25-29-30(15-17(3)4)26(34)35-25)28-24(33)19-12-8-9-13-20(19)27-23(32)18-10-6-5-7-11-18/h5-7,10-11,16-17,19-21H,8-9,12-15H2,1-4H3,(H,27,32)(H,28,33)/t19-,20+,21?/m0/s1. The third-order valence-corrected chi connectivity index (χ3v) is 6.15. The van der Waals surface area contributed by atoms with E-state index in [0.29, 0.717) is 31.4 Å². The first-order chi connectivity index (χ1) is 16.7. The number of hydrogen-bond donors (Lipinski definition) is 2. The third-order valence-electron chi connectivity index (χ3n) is 6.15. The van der Waals surface area contributed by atoms with E-state index in [1.165, 1.54) is 0 Å². The molecule has 0 radical (unpaired) electrons. The smallest absolute Gasteiger partial charge is 0.384 e. The van der Waals surface area contributed by atoms with Crippen LogP contribution < -0.4 is 16.4 Å². The summed E-state index contributed by atoms with van der Waals surface area (Å²) in [4.78, 5) is 51.4. The summed E-state index contributed by atoms with van der Waals surface area (Å²) in [6.45, 7) is 8.09. The molecule has 2 aromatic rings. The first-order valence-corrected chi connectivity index (χ1v) is 12.4. The average molecular weight is 485 g/mol. The van der Waals surface area contributed by atoms with Crippen molar-refractivity contribution in [2.75, 3.05) is 0 Å². The van der Waals surface area contributed by atoms with Crippen molar-refractivity contribution in [2.45, 2.75) is 78.4 Å². The minimum absolute atomic E-state index is 0.105. The van der Waals surface area contributed by atoms with E-state index in [4.69, 9.17) is 4.42 Å². The Morgan fingerprint density at radius 3 is 2.40 bits per heavy atom. The molecule has 0 aliphatic heterocycles. The van der Waals surface area contributed by atoms with Crippen LogP contribution >= 0.6 is 0 Å². The van der Waals surface area contributed by atoms with Crippen molar-refractivity contribution in [3.05, 3.63) is 52.3 Å². The largest absolute Gasteiger partial charge is 0.437 e. The van der Waals surface area contributed by atoms with Crippen LogP contribution in [-0.2, 0) is 11.3 Å². The van der Waals surface area contributed by atoms with Gasteiger partial charge < -0.3 is 15.1 Å². The molecule has 1 heterocycles. The fraction of sp³-hybridized carbons (Fsp3) is 0.577. The quantitative estimate of drug-likeness (QED) is 0.499. The molecule has 3 atom stereocenters. The van der Waals surface area contributed by atoms with Gasteiger partial charge in [-0.2, -0.15) is 4.68 Å². The number of aromatic nitrogens is 2. The number of carbonyl (C=O) groups excluding carboxylic acids is 3. The van der Waals surface area contributed by atoms with Crippen molar-refractivity contribution in [2.24, 2.45) is 17.8 Å². The number of hydrogen-bond acceptors (Lipinski definition) is 6. The summed E-state index contributed by atoms with van der Waals surface area (Å²) in [7, 11) is 0. The summed E-state index contributed by atoms with van der Waals surface area (Å²) >= 11 is 0. The molecule has 1 aliphatic carbocycles. The zero-order valence-corrected chi connectivity index (χ0v) is 21.0. The molecule has 35 heavy (non-hydrogen) atoms. The molecular weight excluding hydrogens is 448 g/mol. The molecule has 1 aromatic carbocycles. The van der Waals surface area contributed by atoms with Gasteiger partial charge in [-0.25, -0.2) is 4.79 Å². The lowest BCUT2D eigenvalue weighted by Gasteiger charge is -2.32.